The minimum absolute atomic E-state index is 0.0854. The Hall–Kier alpha value is -2.00. The second-order valence-electron chi connectivity index (χ2n) is 6.13. The van der Waals surface area contributed by atoms with Crippen molar-refractivity contribution in [3.8, 4) is 0 Å². The van der Waals surface area contributed by atoms with Crippen LogP contribution in [0.3, 0.4) is 0 Å². The number of nitrogens with zero attached hydrogens (tertiary/aromatic N) is 4. The predicted molar refractivity (Wildman–Crippen MR) is 90.7 cm³/mol. The SMILES string of the molecule is CN(Cc1ncc[nH]1)c1ncc(S(C)(=O)=O)c([C@H]2CCCNC2)n1. The maximum absolute atomic E-state index is 12.1. The minimum Gasteiger partial charge on any atom is -0.347 e. The zero-order valence-electron chi connectivity index (χ0n) is 13.9. The Bertz CT molecular complexity index is 784. The predicted octanol–water partition coefficient (Wildman–Crippen LogP) is 0.707. The lowest BCUT2D eigenvalue weighted by atomic mass is 9.96. The van der Waals surface area contributed by atoms with Gasteiger partial charge in [-0.15, -0.1) is 0 Å². The van der Waals surface area contributed by atoms with Gasteiger partial charge >= 0.3 is 0 Å². The third-order valence-electron chi connectivity index (χ3n) is 4.14. The molecule has 2 aromatic heterocycles. The number of nitrogens with one attached hydrogen (secondary N) is 2. The van der Waals surface area contributed by atoms with Crippen LogP contribution in [0, 0.1) is 0 Å². The molecule has 1 saturated heterocycles. The fraction of sp³-hybridized carbons (Fsp3) is 0.533. The van der Waals surface area contributed by atoms with Crippen LogP contribution in [0.4, 0.5) is 5.95 Å². The quantitative estimate of drug-likeness (QED) is 0.818. The summed E-state index contributed by atoms with van der Waals surface area (Å²) in [5.74, 6) is 1.38. The van der Waals surface area contributed by atoms with Crippen molar-refractivity contribution in [1.29, 1.82) is 0 Å². The van der Waals surface area contributed by atoms with Gasteiger partial charge in [0.15, 0.2) is 9.84 Å². The van der Waals surface area contributed by atoms with Crippen molar-refractivity contribution in [2.75, 3.05) is 31.3 Å². The summed E-state index contributed by atoms with van der Waals surface area (Å²) in [7, 11) is -1.50. The molecule has 8 nitrogen and oxygen atoms in total. The van der Waals surface area contributed by atoms with E-state index >= 15 is 0 Å². The van der Waals surface area contributed by atoms with Gasteiger partial charge < -0.3 is 15.2 Å². The van der Waals surface area contributed by atoms with Crippen molar-refractivity contribution in [3.05, 3.63) is 30.1 Å². The van der Waals surface area contributed by atoms with Gasteiger partial charge in [-0.2, -0.15) is 0 Å². The van der Waals surface area contributed by atoms with Crippen LogP contribution < -0.4 is 10.2 Å². The number of hydrogen-bond acceptors (Lipinski definition) is 7. The maximum Gasteiger partial charge on any atom is 0.225 e. The summed E-state index contributed by atoms with van der Waals surface area (Å²) < 4.78 is 24.2. The van der Waals surface area contributed by atoms with Gasteiger partial charge in [-0.05, 0) is 19.4 Å². The van der Waals surface area contributed by atoms with Gasteiger partial charge in [0, 0.05) is 38.2 Å². The third kappa shape index (κ3) is 3.73. The van der Waals surface area contributed by atoms with E-state index in [1.54, 1.807) is 12.4 Å². The molecule has 0 bridgehead atoms. The second-order valence-corrected chi connectivity index (χ2v) is 8.11. The van der Waals surface area contributed by atoms with Crippen LogP contribution in [-0.4, -0.2) is 54.7 Å². The highest BCUT2D eigenvalue weighted by Crippen LogP contribution is 2.28. The normalized spacial score (nSPS) is 18.5. The second kappa shape index (κ2) is 6.86. The summed E-state index contributed by atoms with van der Waals surface area (Å²) in [6, 6.07) is 0. The van der Waals surface area contributed by atoms with Gasteiger partial charge in [-0.25, -0.2) is 23.4 Å². The molecule has 130 valence electrons. The largest absolute Gasteiger partial charge is 0.347 e. The topological polar surface area (TPSA) is 104 Å². The first-order chi connectivity index (χ1) is 11.4. The molecule has 2 N–H and O–H groups in total. The smallest absolute Gasteiger partial charge is 0.225 e. The first-order valence-electron chi connectivity index (χ1n) is 7.92. The average Bonchev–Trinajstić information content (AvgIpc) is 3.07. The number of imidazole rings is 1. The molecule has 3 rings (SSSR count). The Morgan fingerprint density at radius 2 is 2.21 bits per heavy atom. The molecule has 1 fully saturated rings. The van der Waals surface area contributed by atoms with Crippen LogP contribution in [0.25, 0.3) is 0 Å². The highest BCUT2D eigenvalue weighted by molar-refractivity contribution is 7.90. The molecule has 0 unspecified atom stereocenters. The number of sulfone groups is 1. The van der Waals surface area contributed by atoms with Gasteiger partial charge in [0.2, 0.25) is 5.95 Å². The Morgan fingerprint density at radius 3 is 2.83 bits per heavy atom. The molecule has 1 aliphatic rings. The van der Waals surface area contributed by atoms with Crippen LogP contribution in [0.2, 0.25) is 0 Å². The van der Waals surface area contributed by atoms with Crippen LogP contribution >= 0.6 is 0 Å². The average molecular weight is 350 g/mol. The van der Waals surface area contributed by atoms with Crippen LogP contribution in [0.15, 0.2) is 23.5 Å². The van der Waals surface area contributed by atoms with E-state index in [2.05, 4.69) is 25.3 Å². The summed E-state index contributed by atoms with van der Waals surface area (Å²) in [5.41, 5.74) is 0.612. The third-order valence-corrected chi connectivity index (χ3v) is 5.25. The molecule has 9 heteroatoms. The first-order valence-corrected chi connectivity index (χ1v) is 9.81. The number of rotatable bonds is 5. The molecule has 0 amide bonds. The number of anilines is 1. The van der Waals surface area contributed by atoms with Crippen molar-refractivity contribution in [2.45, 2.75) is 30.2 Å². The Labute approximate surface area is 141 Å². The highest BCUT2D eigenvalue weighted by Gasteiger charge is 2.26. The van der Waals surface area contributed by atoms with Gasteiger partial charge in [-0.3, -0.25) is 0 Å². The lowest BCUT2D eigenvalue weighted by molar-refractivity contribution is 0.447. The van der Waals surface area contributed by atoms with E-state index in [1.165, 1.54) is 12.5 Å². The van der Waals surface area contributed by atoms with E-state index in [4.69, 9.17) is 0 Å². The molecule has 0 aromatic carbocycles. The molecule has 0 spiro atoms. The van der Waals surface area contributed by atoms with E-state index in [1.807, 2.05) is 11.9 Å². The van der Waals surface area contributed by atoms with E-state index in [9.17, 15) is 8.42 Å². The molecular weight excluding hydrogens is 328 g/mol. The van der Waals surface area contributed by atoms with Gasteiger partial charge in [0.05, 0.1) is 18.4 Å². The first kappa shape index (κ1) is 16.8. The summed E-state index contributed by atoms with van der Waals surface area (Å²) in [6.07, 6.45) is 8.02. The Morgan fingerprint density at radius 1 is 1.38 bits per heavy atom. The number of piperidine rings is 1. The summed E-state index contributed by atoms with van der Waals surface area (Å²) in [5, 5.41) is 3.31. The van der Waals surface area contributed by atoms with Gasteiger partial charge in [-0.1, -0.05) is 0 Å². The molecule has 0 aliphatic carbocycles. The zero-order valence-corrected chi connectivity index (χ0v) is 14.7. The number of aromatic amines is 1. The van der Waals surface area contributed by atoms with Gasteiger partial charge in [0.1, 0.15) is 10.7 Å². The van der Waals surface area contributed by atoms with Crippen molar-refractivity contribution >= 4 is 15.8 Å². The summed E-state index contributed by atoms with van der Waals surface area (Å²) in [6.45, 7) is 2.22. The number of aromatic nitrogens is 4. The summed E-state index contributed by atoms with van der Waals surface area (Å²) >= 11 is 0. The molecule has 3 heterocycles. The molecule has 2 aromatic rings. The lowest BCUT2D eigenvalue weighted by Gasteiger charge is -2.25. The van der Waals surface area contributed by atoms with Gasteiger partial charge in [0.25, 0.3) is 0 Å². The molecule has 24 heavy (non-hydrogen) atoms. The van der Waals surface area contributed by atoms with E-state index in [0.29, 0.717) is 18.2 Å². The maximum atomic E-state index is 12.1. The number of hydrogen-bond donors (Lipinski definition) is 2. The molecule has 0 saturated carbocycles. The Balaban J connectivity index is 1.94. The summed E-state index contributed by atoms with van der Waals surface area (Å²) in [4.78, 5) is 18.2. The van der Waals surface area contributed by atoms with Crippen molar-refractivity contribution in [3.63, 3.8) is 0 Å². The molecule has 1 aliphatic heterocycles. The van der Waals surface area contributed by atoms with Crippen LogP contribution in [-0.2, 0) is 16.4 Å². The van der Waals surface area contributed by atoms with E-state index in [-0.39, 0.29) is 10.8 Å². The lowest BCUT2D eigenvalue weighted by Crippen LogP contribution is -2.30. The molecular formula is C15H22N6O2S. The fourth-order valence-electron chi connectivity index (χ4n) is 2.90. The Kier molecular flexibility index (Phi) is 4.81. The number of H-pyrrole nitrogens is 1. The molecule has 1 atom stereocenters. The highest BCUT2D eigenvalue weighted by atomic mass is 32.2. The van der Waals surface area contributed by atoms with Crippen molar-refractivity contribution in [1.82, 2.24) is 25.3 Å². The standard InChI is InChI=1S/C15H22N6O2S/c1-21(10-13-17-6-7-18-13)15-19-9-12(24(2,22)23)14(20-15)11-4-3-5-16-8-11/h6-7,9,11,16H,3-5,8,10H2,1-2H3,(H,17,18)/t11-/m0/s1. The van der Waals surface area contributed by atoms with E-state index in [0.717, 1.165) is 31.8 Å². The fourth-order valence-corrected chi connectivity index (χ4v) is 3.74. The minimum atomic E-state index is -3.37. The zero-order chi connectivity index (χ0) is 17.2. The van der Waals surface area contributed by atoms with Crippen LogP contribution in [0.1, 0.15) is 30.3 Å². The van der Waals surface area contributed by atoms with Crippen molar-refractivity contribution in [2.24, 2.45) is 0 Å². The van der Waals surface area contributed by atoms with Crippen LogP contribution in [0.5, 0.6) is 0 Å². The van der Waals surface area contributed by atoms with Crippen molar-refractivity contribution < 1.29 is 8.42 Å². The van der Waals surface area contributed by atoms with E-state index < -0.39 is 9.84 Å². The molecule has 0 radical (unpaired) electrons. The monoisotopic (exact) mass is 350 g/mol.